The molecule has 0 rings (SSSR count). The van der Waals surface area contributed by atoms with Crippen LogP contribution in [0.25, 0.3) is 0 Å². The van der Waals surface area contributed by atoms with E-state index >= 15 is 0 Å². The van der Waals surface area contributed by atoms with Gasteiger partial charge >= 0.3 is 5.97 Å². The first-order valence-electron chi connectivity index (χ1n) is 5.17. The summed E-state index contributed by atoms with van der Waals surface area (Å²) >= 11 is 1.65. The number of hydrogen-bond donors (Lipinski definition) is 2. The Labute approximate surface area is 100 Å². The highest BCUT2D eigenvalue weighted by Gasteiger charge is 2.24. The van der Waals surface area contributed by atoms with E-state index in [0.29, 0.717) is 0 Å². The number of thioether (sulfide) groups is 1. The van der Waals surface area contributed by atoms with Crippen LogP contribution in [0.2, 0.25) is 0 Å². The topological polar surface area (TPSA) is 83.6 Å². The third kappa shape index (κ3) is 4.85. The first-order chi connectivity index (χ1) is 7.43. The Bertz CT molecular complexity index is 248. The van der Waals surface area contributed by atoms with Crippen molar-refractivity contribution in [3.8, 4) is 0 Å². The average Bonchev–Trinajstić information content (AvgIpc) is 2.22. The van der Waals surface area contributed by atoms with Crippen LogP contribution < -0.4 is 5.73 Å². The minimum Gasteiger partial charge on any atom is -0.481 e. The number of nitrogens with zero attached hydrogens (tertiary/aromatic N) is 1. The quantitative estimate of drug-likeness (QED) is 0.681. The van der Waals surface area contributed by atoms with Gasteiger partial charge in [0.05, 0.1) is 12.5 Å². The molecule has 0 aliphatic rings. The van der Waals surface area contributed by atoms with Gasteiger partial charge in [0, 0.05) is 18.8 Å². The SMILES string of the molecule is CCC(CSC)N(C)C(=O)C(N)CC(=O)O. The fourth-order valence-corrected chi connectivity index (χ4v) is 2.26. The fourth-order valence-electron chi connectivity index (χ4n) is 1.41. The highest BCUT2D eigenvalue weighted by atomic mass is 32.2. The van der Waals surface area contributed by atoms with Crippen LogP contribution in [0.5, 0.6) is 0 Å². The molecule has 1 amide bonds. The summed E-state index contributed by atoms with van der Waals surface area (Å²) in [6.45, 7) is 1.99. The van der Waals surface area contributed by atoms with E-state index in [0.717, 1.165) is 12.2 Å². The van der Waals surface area contributed by atoms with Gasteiger partial charge in [0.25, 0.3) is 0 Å². The molecule has 2 atom stereocenters. The molecule has 0 fully saturated rings. The lowest BCUT2D eigenvalue weighted by Gasteiger charge is -2.28. The number of hydrogen-bond acceptors (Lipinski definition) is 4. The maximum Gasteiger partial charge on any atom is 0.305 e. The number of carbonyl (C=O) groups is 2. The van der Waals surface area contributed by atoms with Crippen LogP contribution in [0.1, 0.15) is 19.8 Å². The summed E-state index contributed by atoms with van der Waals surface area (Å²) in [6.07, 6.45) is 2.49. The first kappa shape index (κ1) is 15.2. The highest BCUT2D eigenvalue weighted by molar-refractivity contribution is 7.98. The molecule has 2 unspecified atom stereocenters. The zero-order chi connectivity index (χ0) is 12.7. The maximum absolute atomic E-state index is 11.8. The summed E-state index contributed by atoms with van der Waals surface area (Å²) < 4.78 is 0. The molecule has 0 aromatic rings. The van der Waals surface area contributed by atoms with Crippen molar-refractivity contribution in [1.29, 1.82) is 0 Å². The van der Waals surface area contributed by atoms with Crippen LogP contribution in [0.4, 0.5) is 0 Å². The van der Waals surface area contributed by atoms with Gasteiger partial charge in [-0.1, -0.05) is 6.92 Å². The first-order valence-corrected chi connectivity index (χ1v) is 6.56. The third-order valence-electron chi connectivity index (χ3n) is 2.44. The molecule has 0 aromatic heterocycles. The van der Waals surface area contributed by atoms with Crippen molar-refractivity contribution < 1.29 is 14.7 Å². The molecule has 0 saturated heterocycles. The van der Waals surface area contributed by atoms with Crippen molar-refractivity contribution in [3.63, 3.8) is 0 Å². The fraction of sp³-hybridized carbons (Fsp3) is 0.800. The number of carboxylic acids is 1. The summed E-state index contributed by atoms with van der Waals surface area (Å²) in [6, 6.07) is -0.833. The van der Waals surface area contributed by atoms with Crippen LogP contribution in [0.15, 0.2) is 0 Å². The third-order valence-corrected chi connectivity index (χ3v) is 3.16. The molecular weight excluding hydrogens is 228 g/mol. The Morgan fingerprint density at radius 2 is 2.06 bits per heavy atom. The van der Waals surface area contributed by atoms with Crippen LogP contribution in [0.3, 0.4) is 0 Å². The molecule has 3 N–H and O–H groups in total. The molecular formula is C10H20N2O3S. The minimum absolute atomic E-state index is 0.113. The molecule has 16 heavy (non-hydrogen) atoms. The molecule has 0 spiro atoms. The number of likely N-dealkylation sites (N-methyl/N-ethyl adjacent to an activating group) is 1. The van der Waals surface area contributed by atoms with Gasteiger partial charge in [0.2, 0.25) is 5.91 Å². The van der Waals surface area contributed by atoms with Crippen molar-refractivity contribution in [2.75, 3.05) is 19.1 Å². The van der Waals surface area contributed by atoms with Gasteiger partial charge in [-0.3, -0.25) is 9.59 Å². The second kappa shape index (κ2) is 7.51. The second-order valence-electron chi connectivity index (χ2n) is 3.67. The molecule has 0 bridgehead atoms. The molecule has 0 aliphatic heterocycles. The van der Waals surface area contributed by atoms with Gasteiger partial charge in [-0.15, -0.1) is 0 Å². The van der Waals surface area contributed by atoms with E-state index in [1.807, 2.05) is 13.2 Å². The predicted octanol–water partition coefficient (Wildman–Crippen LogP) is 0.388. The summed E-state index contributed by atoms with van der Waals surface area (Å²) in [5, 5.41) is 8.56. The van der Waals surface area contributed by atoms with Crippen molar-refractivity contribution in [2.24, 2.45) is 5.73 Å². The number of amides is 1. The van der Waals surface area contributed by atoms with Crippen LogP contribution >= 0.6 is 11.8 Å². The minimum atomic E-state index is -1.05. The largest absolute Gasteiger partial charge is 0.481 e. The van der Waals surface area contributed by atoms with Gasteiger partial charge in [0.1, 0.15) is 0 Å². The van der Waals surface area contributed by atoms with Crippen LogP contribution in [0, 0.1) is 0 Å². The smallest absolute Gasteiger partial charge is 0.305 e. The lowest BCUT2D eigenvalue weighted by molar-refractivity contribution is -0.142. The number of aliphatic carboxylic acids is 1. The van der Waals surface area contributed by atoms with E-state index < -0.39 is 12.0 Å². The van der Waals surface area contributed by atoms with Crippen LogP contribution in [-0.2, 0) is 9.59 Å². The summed E-state index contributed by atoms with van der Waals surface area (Å²) in [7, 11) is 1.68. The molecule has 6 heteroatoms. The zero-order valence-corrected chi connectivity index (χ0v) is 10.8. The second-order valence-corrected chi connectivity index (χ2v) is 4.58. The zero-order valence-electron chi connectivity index (χ0n) is 9.97. The van der Waals surface area contributed by atoms with Gasteiger partial charge in [-0.05, 0) is 12.7 Å². The van der Waals surface area contributed by atoms with E-state index in [1.165, 1.54) is 0 Å². The summed E-state index contributed by atoms with van der Waals surface area (Å²) in [4.78, 5) is 23.8. The molecule has 0 saturated carbocycles. The lowest BCUT2D eigenvalue weighted by atomic mass is 10.1. The lowest BCUT2D eigenvalue weighted by Crippen LogP contribution is -2.48. The van der Waals surface area contributed by atoms with Gasteiger partial charge in [-0.2, -0.15) is 11.8 Å². The van der Waals surface area contributed by atoms with E-state index in [-0.39, 0.29) is 18.4 Å². The van der Waals surface area contributed by atoms with Crippen molar-refractivity contribution in [2.45, 2.75) is 31.8 Å². The number of rotatable bonds is 7. The van der Waals surface area contributed by atoms with E-state index in [4.69, 9.17) is 10.8 Å². The molecule has 0 heterocycles. The maximum atomic E-state index is 11.8. The van der Waals surface area contributed by atoms with Gasteiger partial charge in [-0.25, -0.2) is 0 Å². The molecule has 94 valence electrons. The van der Waals surface area contributed by atoms with Gasteiger partial charge < -0.3 is 15.7 Å². The number of carbonyl (C=O) groups excluding carboxylic acids is 1. The van der Waals surface area contributed by atoms with E-state index in [2.05, 4.69) is 0 Å². The van der Waals surface area contributed by atoms with Crippen molar-refractivity contribution >= 4 is 23.6 Å². The van der Waals surface area contributed by atoms with Crippen molar-refractivity contribution in [3.05, 3.63) is 0 Å². The van der Waals surface area contributed by atoms with E-state index in [9.17, 15) is 9.59 Å². The normalized spacial score (nSPS) is 14.2. The van der Waals surface area contributed by atoms with Gasteiger partial charge in [0.15, 0.2) is 0 Å². The Hall–Kier alpha value is -0.750. The highest BCUT2D eigenvalue weighted by Crippen LogP contribution is 2.10. The van der Waals surface area contributed by atoms with Crippen LogP contribution in [-0.4, -0.2) is 53.0 Å². The molecule has 0 aromatic carbocycles. The standard InChI is InChI=1S/C10H20N2O3S/c1-4-7(6-16-3)12(2)10(15)8(11)5-9(13)14/h7-8H,4-6,11H2,1-3H3,(H,13,14). The predicted molar refractivity (Wildman–Crippen MR) is 65.5 cm³/mol. The average molecular weight is 248 g/mol. The Kier molecular flexibility index (Phi) is 7.16. The summed E-state index contributed by atoms with van der Waals surface area (Å²) in [5.41, 5.74) is 5.53. The molecule has 0 aliphatic carbocycles. The van der Waals surface area contributed by atoms with E-state index in [1.54, 1.807) is 23.7 Å². The monoisotopic (exact) mass is 248 g/mol. The Balaban J connectivity index is 4.39. The molecule has 5 nitrogen and oxygen atoms in total. The van der Waals surface area contributed by atoms with Crippen molar-refractivity contribution in [1.82, 2.24) is 4.90 Å². The number of carboxylic acid groups (broad SMARTS) is 1. The molecule has 0 radical (unpaired) electrons. The Morgan fingerprint density at radius 1 is 1.50 bits per heavy atom. The Morgan fingerprint density at radius 3 is 2.44 bits per heavy atom. The number of nitrogens with two attached hydrogens (primary N) is 1. The summed E-state index contributed by atoms with van der Waals surface area (Å²) in [5.74, 6) is -0.520.